The summed E-state index contributed by atoms with van der Waals surface area (Å²) in [6.45, 7) is 2.04. The van der Waals surface area contributed by atoms with Crippen LogP contribution in [0.2, 0.25) is 0 Å². The molecule has 0 aliphatic carbocycles. The van der Waals surface area contributed by atoms with Gasteiger partial charge in [-0.1, -0.05) is 30.0 Å². The molecule has 2 N–H and O–H groups in total. The largest absolute Gasteiger partial charge is 0.398 e. The number of hydrogen-bond donors (Lipinski definition) is 1. The second kappa shape index (κ2) is 4.58. The van der Waals surface area contributed by atoms with Gasteiger partial charge >= 0.3 is 0 Å². The van der Waals surface area contributed by atoms with Crippen LogP contribution in [0, 0.1) is 12.7 Å². The summed E-state index contributed by atoms with van der Waals surface area (Å²) in [6, 6.07) is 12.5. The summed E-state index contributed by atoms with van der Waals surface area (Å²) in [4.78, 5) is 2.02. The second-order valence-corrected chi connectivity index (χ2v) is 4.63. The van der Waals surface area contributed by atoms with Gasteiger partial charge in [0.25, 0.3) is 0 Å². The Morgan fingerprint density at radius 2 is 1.81 bits per heavy atom. The van der Waals surface area contributed by atoms with Crippen LogP contribution in [0.4, 0.5) is 10.1 Å². The van der Waals surface area contributed by atoms with Crippen LogP contribution in [0.3, 0.4) is 0 Å². The van der Waals surface area contributed by atoms with Gasteiger partial charge in [0.15, 0.2) is 0 Å². The van der Waals surface area contributed by atoms with Crippen LogP contribution in [0.1, 0.15) is 5.56 Å². The molecule has 0 atom stereocenters. The minimum Gasteiger partial charge on any atom is -0.398 e. The first-order valence-electron chi connectivity index (χ1n) is 4.95. The molecule has 0 bridgehead atoms. The van der Waals surface area contributed by atoms with E-state index in [0.717, 1.165) is 9.79 Å². The molecule has 0 radical (unpaired) electrons. The zero-order valence-electron chi connectivity index (χ0n) is 8.91. The van der Waals surface area contributed by atoms with Crippen molar-refractivity contribution < 1.29 is 4.39 Å². The number of aryl methyl sites for hydroxylation is 1. The Kier molecular flexibility index (Phi) is 3.15. The number of nitrogen functional groups attached to an aromatic ring is 1. The van der Waals surface area contributed by atoms with Crippen LogP contribution < -0.4 is 5.73 Å². The highest BCUT2D eigenvalue weighted by Gasteiger charge is 2.04. The first kappa shape index (κ1) is 11.0. The van der Waals surface area contributed by atoms with Crippen molar-refractivity contribution in [2.45, 2.75) is 16.7 Å². The SMILES string of the molecule is Cc1ccccc1Sc1ccc(F)cc1N. The molecule has 0 aromatic heterocycles. The number of halogens is 1. The van der Waals surface area contributed by atoms with Gasteiger partial charge in [0, 0.05) is 15.5 Å². The first-order valence-corrected chi connectivity index (χ1v) is 5.77. The van der Waals surface area contributed by atoms with E-state index >= 15 is 0 Å². The number of benzene rings is 2. The highest BCUT2D eigenvalue weighted by atomic mass is 32.2. The summed E-state index contributed by atoms with van der Waals surface area (Å²) in [5.74, 6) is -0.299. The van der Waals surface area contributed by atoms with Gasteiger partial charge in [-0.2, -0.15) is 0 Å². The fourth-order valence-corrected chi connectivity index (χ4v) is 2.33. The predicted molar refractivity (Wildman–Crippen MR) is 66.1 cm³/mol. The Morgan fingerprint density at radius 1 is 1.06 bits per heavy atom. The van der Waals surface area contributed by atoms with Crippen LogP contribution in [0.5, 0.6) is 0 Å². The fraction of sp³-hybridized carbons (Fsp3) is 0.0769. The normalized spacial score (nSPS) is 10.4. The molecule has 0 spiro atoms. The Morgan fingerprint density at radius 3 is 2.50 bits per heavy atom. The van der Waals surface area contributed by atoms with Crippen molar-refractivity contribution >= 4 is 17.4 Å². The zero-order valence-corrected chi connectivity index (χ0v) is 9.72. The van der Waals surface area contributed by atoms with Gasteiger partial charge in [-0.3, -0.25) is 0 Å². The van der Waals surface area contributed by atoms with Gasteiger partial charge in [-0.05, 0) is 36.8 Å². The van der Waals surface area contributed by atoms with Crippen LogP contribution >= 0.6 is 11.8 Å². The smallest absolute Gasteiger partial charge is 0.125 e. The third-order valence-electron chi connectivity index (χ3n) is 2.29. The molecule has 0 saturated carbocycles. The van der Waals surface area contributed by atoms with E-state index in [4.69, 9.17) is 5.73 Å². The number of anilines is 1. The Balaban J connectivity index is 2.31. The van der Waals surface area contributed by atoms with Gasteiger partial charge < -0.3 is 5.73 Å². The summed E-state index contributed by atoms with van der Waals surface area (Å²) >= 11 is 1.56. The molecule has 0 unspecified atom stereocenters. The standard InChI is InChI=1S/C13H12FNS/c1-9-4-2-3-5-12(9)16-13-7-6-10(14)8-11(13)15/h2-8H,15H2,1H3. The van der Waals surface area contributed by atoms with Crippen molar-refractivity contribution in [3.63, 3.8) is 0 Å². The Hall–Kier alpha value is -1.48. The van der Waals surface area contributed by atoms with Crippen LogP contribution in [-0.4, -0.2) is 0 Å². The minimum absolute atomic E-state index is 0.299. The molecule has 0 amide bonds. The van der Waals surface area contributed by atoms with E-state index < -0.39 is 0 Å². The number of nitrogens with two attached hydrogens (primary N) is 1. The van der Waals surface area contributed by atoms with Crippen molar-refractivity contribution in [2.75, 3.05) is 5.73 Å². The van der Waals surface area contributed by atoms with E-state index in [9.17, 15) is 4.39 Å². The monoisotopic (exact) mass is 233 g/mol. The molecular formula is C13H12FNS. The maximum absolute atomic E-state index is 12.9. The molecule has 0 fully saturated rings. The lowest BCUT2D eigenvalue weighted by molar-refractivity contribution is 0.627. The number of rotatable bonds is 2. The van der Waals surface area contributed by atoms with Gasteiger partial charge in [0.05, 0.1) is 0 Å². The van der Waals surface area contributed by atoms with Crippen molar-refractivity contribution in [1.82, 2.24) is 0 Å². The lowest BCUT2D eigenvalue weighted by Crippen LogP contribution is -1.90. The molecule has 0 aliphatic heterocycles. The molecule has 2 aromatic carbocycles. The first-order chi connectivity index (χ1) is 7.66. The van der Waals surface area contributed by atoms with Gasteiger partial charge in [-0.25, -0.2) is 4.39 Å². The molecule has 2 rings (SSSR count). The Bertz CT molecular complexity index is 511. The molecule has 3 heteroatoms. The van der Waals surface area contributed by atoms with E-state index in [2.05, 4.69) is 0 Å². The van der Waals surface area contributed by atoms with Crippen LogP contribution in [0.25, 0.3) is 0 Å². The maximum atomic E-state index is 12.9. The maximum Gasteiger partial charge on any atom is 0.125 e. The van der Waals surface area contributed by atoms with E-state index in [1.54, 1.807) is 17.8 Å². The van der Waals surface area contributed by atoms with Crippen molar-refractivity contribution in [3.05, 3.63) is 53.8 Å². The van der Waals surface area contributed by atoms with Crippen LogP contribution in [0.15, 0.2) is 52.3 Å². The van der Waals surface area contributed by atoms with Crippen molar-refractivity contribution in [2.24, 2.45) is 0 Å². The summed E-state index contributed by atoms with van der Waals surface area (Å²) in [5, 5.41) is 0. The molecule has 0 aliphatic rings. The third-order valence-corrected chi connectivity index (χ3v) is 3.56. The van der Waals surface area contributed by atoms with Gasteiger partial charge in [0.1, 0.15) is 5.82 Å². The van der Waals surface area contributed by atoms with E-state index in [0.29, 0.717) is 5.69 Å². The summed E-state index contributed by atoms with van der Waals surface area (Å²) in [6.07, 6.45) is 0. The highest BCUT2D eigenvalue weighted by Crippen LogP contribution is 2.33. The quantitative estimate of drug-likeness (QED) is 0.797. The van der Waals surface area contributed by atoms with Gasteiger partial charge in [-0.15, -0.1) is 0 Å². The average Bonchev–Trinajstić information content (AvgIpc) is 2.25. The summed E-state index contributed by atoms with van der Waals surface area (Å²) in [5.41, 5.74) is 7.43. The van der Waals surface area contributed by atoms with E-state index in [-0.39, 0.29) is 5.82 Å². The van der Waals surface area contributed by atoms with Crippen molar-refractivity contribution in [3.8, 4) is 0 Å². The third kappa shape index (κ3) is 2.36. The zero-order chi connectivity index (χ0) is 11.5. The minimum atomic E-state index is -0.299. The van der Waals surface area contributed by atoms with Crippen LogP contribution in [-0.2, 0) is 0 Å². The fourth-order valence-electron chi connectivity index (χ4n) is 1.40. The molecule has 82 valence electrons. The lowest BCUT2D eigenvalue weighted by Gasteiger charge is -2.07. The molecule has 0 saturated heterocycles. The molecule has 1 nitrogen and oxygen atoms in total. The molecule has 2 aromatic rings. The Labute approximate surface area is 98.5 Å². The average molecular weight is 233 g/mol. The molecule has 16 heavy (non-hydrogen) atoms. The summed E-state index contributed by atoms with van der Waals surface area (Å²) in [7, 11) is 0. The second-order valence-electron chi connectivity index (χ2n) is 3.55. The van der Waals surface area contributed by atoms with E-state index in [1.807, 2.05) is 31.2 Å². The van der Waals surface area contributed by atoms with Crippen molar-refractivity contribution in [1.29, 1.82) is 0 Å². The highest BCUT2D eigenvalue weighted by molar-refractivity contribution is 7.99. The van der Waals surface area contributed by atoms with E-state index in [1.165, 1.54) is 17.7 Å². The summed E-state index contributed by atoms with van der Waals surface area (Å²) < 4.78 is 12.9. The molecule has 0 heterocycles. The van der Waals surface area contributed by atoms with Gasteiger partial charge in [0.2, 0.25) is 0 Å². The molecular weight excluding hydrogens is 221 g/mol. The predicted octanol–water partition coefficient (Wildman–Crippen LogP) is 3.87. The number of hydrogen-bond acceptors (Lipinski definition) is 2. The lowest BCUT2D eigenvalue weighted by atomic mass is 10.2. The topological polar surface area (TPSA) is 26.0 Å².